The Morgan fingerprint density at radius 2 is 1.53 bits per heavy atom. The second-order valence-electron chi connectivity index (χ2n) is 13.1. The van der Waals surface area contributed by atoms with Crippen molar-refractivity contribution in [2.24, 2.45) is 0 Å². The fraction of sp³-hybridized carbons (Fsp3) is 0.308. The summed E-state index contributed by atoms with van der Waals surface area (Å²) in [5.41, 5.74) is 8.31. The minimum Gasteiger partial charge on any atom is -0.480 e. The summed E-state index contributed by atoms with van der Waals surface area (Å²) < 4.78 is 7.28. The van der Waals surface area contributed by atoms with Gasteiger partial charge in [0.25, 0.3) is 5.56 Å². The molecule has 5 heterocycles. The van der Waals surface area contributed by atoms with E-state index in [-0.39, 0.29) is 29.5 Å². The molecule has 11 nitrogen and oxygen atoms in total. The third-order valence-electron chi connectivity index (χ3n) is 9.71. The highest BCUT2D eigenvalue weighted by atomic mass is 35.5. The highest BCUT2D eigenvalue weighted by molar-refractivity contribution is 6.36. The van der Waals surface area contributed by atoms with Gasteiger partial charge in [-0.05, 0) is 60.2 Å². The summed E-state index contributed by atoms with van der Waals surface area (Å²) in [7, 11) is 1.57. The molecule has 2 aromatic carbocycles. The van der Waals surface area contributed by atoms with Gasteiger partial charge in [0.2, 0.25) is 17.7 Å². The second kappa shape index (κ2) is 15.0. The number of hydrogen-bond acceptors (Lipinski definition) is 8. The van der Waals surface area contributed by atoms with Crippen molar-refractivity contribution >= 4 is 28.9 Å². The smallest absolute Gasteiger partial charge is 0.259 e. The first-order valence-electron chi connectivity index (χ1n) is 17.2. The summed E-state index contributed by atoms with van der Waals surface area (Å²) in [4.78, 5) is 45.7. The number of nitrogens with zero attached hydrogens (tertiary/aromatic N) is 3. The molecule has 0 saturated carbocycles. The highest BCUT2D eigenvalue weighted by Crippen LogP contribution is 2.40. The van der Waals surface area contributed by atoms with E-state index >= 15 is 0 Å². The van der Waals surface area contributed by atoms with Crippen molar-refractivity contribution in [1.29, 1.82) is 0 Å². The fourth-order valence-electron chi connectivity index (χ4n) is 6.94. The molecular weight excluding hydrogens is 666 g/mol. The Kier molecular flexibility index (Phi) is 10.1. The van der Waals surface area contributed by atoms with Crippen LogP contribution < -0.4 is 31.6 Å². The molecule has 0 radical (unpaired) electrons. The number of amides is 2. The number of carbonyl (C=O) groups excluding carboxylic acids is 2. The monoisotopic (exact) mass is 705 g/mol. The van der Waals surface area contributed by atoms with Gasteiger partial charge in [-0.3, -0.25) is 23.8 Å². The van der Waals surface area contributed by atoms with E-state index in [1.54, 1.807) is 17.7 Å². The first kappa shape index (κ1) is 34.4. The fourth-order valence-corrected chi connectivity index (χ4v) is 7.27. The molecule has 2 aliphatic rings. The topological polar surface area (TPSA) is 139 Å². The minimum atomic E-state index is -0.0702. The Labute approximate surface area is 300 Å². The van der Waals surface area contributed by atoms with Crippen LogP contribution in [0.25, 0.3) is 39.0 Å². The van der Waals surface area contributed by atoms with Gasteiger partial charge in [0.15, 0.2) is 0 Å². The molecule has 2 saturated heterocycles. The molecule has 12 heteroatoms. The van der Waals surface area contributed by atoms with E-state index < -0.39 is 0 Å². The maximum absolute atomic E-state index is 13.3. The van der Waals surface area contributed by atoms with Crippen LogP contribution in [-0.4, -0.2) is 58.5 Å². The van der Waals surface area contributed by atoms with Crippen molar-refractivity contribution < 1.29 is 14.3 Å². The maximum Gasteiger partial charge on any atom is 0.259 e. The molecule has 0 bridgehead atoms. The van der Waals surface area contributed by atoms with Gasteiger partial charge in [0.05, 0.1) is 24.0 Å². The van der Waals surface area contributed by atoms with Crippen LogP contribution in [0.2, 0.25) is 5.02 Å². The molecule has 2 fully saturated rings. The zero-order valence-electron chi connectivity index (χ0n) is 28.6. The molecule has 51 heavy (non-hydrogen) atoms. The summed E-state index contributed by atoms with van der Waals surface area (Å²) in [6.45, 7) is 4.23. The Morgan fingerprint density at radius 1 is 0.863 bits per heavy atom. The molecule has 0 unspecified atom stereocenters. The van der Waals surface area contributed by atoms with Gasteiger partial charge in [-0.1, -0.05) is 54.1 Å². The minimum absolute atomic E-state index is 0.0702. The predicted octanol–water partition coefficient (Wildman–Crippen LogP) is 4.80. The number of aromatic nitrogens is 3. The van der Waals surface area contributed by atoms with Crippen molar-refractivity contribution in [3.63, 3.8) is 0 Å². The SMILES string of the molecule is COc1nc(-c2cccc(-c3cccc(-c4ccn5c(=O)c(CNC[C@H]6CCC(=O)N6)ccc5c4)c3C)c2Cl)cnc1CNC[C@@H]1CCC(=O)N1. The second-order valence-corrected chi connectivity index (χ2v) is 13.5. The van der Waals surface area contributed by atoms with Gasteiger partial charge in [-0.25, -0.2) is 4.98 Å². The van der Waals surface area contributed by atoms with Crippen LogP contribution in [0, 0.1) is 6.92 Å². The number of nitrogens with one attached hydrogen (secondary N) is 4. The number of rotatable bonds is 12. The van der Waals surface area contributed by atoms with E-state index in [2.05, 4.69) is 45.3 Å². The molecule has 3 aromatic heterocycles. The summed E-state index contributed by atoms with van der Waals surface area (Å²) in [5.74, 6) is 0.577. The summed E-state index contributed by atoms with van der Waals surface area (Å²) >= 11 is 7.12. The number of hydrogen-bond donors (Lipinski definition) is 4. The summed E-state index contributed by atoms with van der Waals surface area (Å²) in [6.07, 6.45) is 6.27. The lowest BCUT2D eigenvalue weighted by Gasteiger charge is -2.16. The Bertz CT molecular complexity index is 2190. The maximum atomic E-state index is 13.3. The van der Waals surface area contributed by atoms with Gasteiger partial charge in [-0.2, -0.15) is 0 Å². The standard InChI is InChI=1S/C39H40ClN7O4/c1-23-29(24-15-16-47-28(17-24)12-9-25(39(47)50)18-41-19-26-10-13-35(48)44-26)5-3-6-30(23)31-7-4-8-32(37(31)40)33-22-43-34(38(46-33)51-2)21-42-20-27-11-14-36(49)45-27/h3-9,12,15-17,22,26-27,41-42H,10-11,13-14,18-21H2,1-2H3,(H,44,48)(H,45,49)/t26-,27+/m1/s1. The molecule has 0 spiro atoms. The molecule has 4 N–H and O–H groups in total. The van der Waals surface area contributed by atoms with Gasteiger partial charge in [0, 0.05) is 79.5 Å². The van der Waals surface area contributed by atoms with E-state index in [0.717, 1.165) is 51.7 Å². The Balaban J connectivity index is 1.10. The lowest BCUT2D eigenvalue weighted by molar-refractivity contribution is -0.120. The quantitative estimate of drug-likeness (QED) is 0.145. The molecule has 5 aromatic rings. The van der Waals surface area contributed by atoms with E-state index in [1.165, 1.54) is 0 Å². The molecule has 2 atom stereocenters. The van der Waals surface area contributed by atoms with Crippen LogP contribution in [0.15, 0.2) is 77.9 Å². The lowest BCUT2D eigenvalue weighted by Crippen LogP contribution is -2.36. The molecule has 2 amide bonds. The molecule has 262 valence electrons. The number of halogens is 1. The van der Waals surface area contributed by atoms with E-state index in [1.807, 2.05) is 54.7 Å². The van der Waals surface area contributed by atoms with Crippen molar-refractivity contribution in [2.75, 3.05) is 20.2 Å². The summed E-state index contributed by atoms with van der Waals surface area (Å²) in [5, 5.41) is 13.1. The largest absolute Gasteiger partial charge is 0.480 e. The van der Waals surface area contributed by atoms with E-state index in [4.69, 9.17) is 21.3 Å². The third kappa shape index (κ3) is 7.37. The van der Waals surface area contributed by atoms with Crippen LogP contribution in [0.1, 0.15) is 42.5 Å². The Hall–Kier alpha value is -5.10. The molecule has 2 aliphatic heterocycles. The van der Waals surface area contributed by atoms with Crippen molar-refractivity contribution in [2.45, 2.75) is 57.8 Å². The first-order chi connectivity index (χ1) is 24.8. The van der Waals surface area contributed by atoms with Crippen molar-refractivity contribution in [3.8, 4) is 39.4 Å². The summed E-state index contributed by atoms with van der Waals surface area (Å²) in [6, 6.07) is 20.1. The predicted molar refractivity (Wildman–Crippen MR) is 198 cm³/mol. The Morgan fingerprint density at radius 3 is 2.22 bits per heavy atom. The first-order valence-corrected chi connectivity index (χ1v) is 17.6. The van der Waals surface area contributed by atoms with Crippen LogP contribution in [0.4, 0.5) is 0 Å². The van der Waals surface area contributed by atoms with Gasteiger partial charge in [-0.15, -0.1) is 0 Å². The van der Waals surface area contributed by atoms with E-state index in [0.29, 0.717) is 66.9 Å². The number of benzene rings is 2. The molecule has 0 aliphatic carbocycles. The number of methoxy groups -OCH3 is 1. The van der Waals surface area contributed by atoms with Gasteiger partial charge < -0.3 is 26.0 Å². The number of pyridine rings is 2. The normalized spacial score (nSPS) is 17.2. The zero-order chi connectivity index (χ0) is 35.5. The van der Waals surface area contributed by atoms with Crippen LogP contribution >= 0.6 is 11.6 Å². The van der Waals surface area contributed by atoms with E-state index in [9.17, 15) is 14.4 Å². The average Bonchev–Trinajstić information content (AvgIpc) is 3.76. The number of fused-ring (bicyclic) bond motifs is 1. The van der Waals surface area contributed by atoms with Crippen LogP contribution in [0.5, 0.6) is 5.88 Å². The lowest BCUT2D eigenvalue weighted by atomic mass is 9.92. The van der Waals surface area contributed by atoms with Gasteiger partial charge >= 0.3 is 0 Å². The van der Waals surface area contributed by atoms with Gasteiger partial charge in [0.1, 0.15) is 5.69 Å². The van der Waals surface area contributed by atoms with Crippen LogP contribution in [0.3, 0.4) is 0 Å². The number of ether oxygens (including phenoxy) is 1. The van der Waals surface area contributed by atoms with Crippen molar-refractivity contribution in [3.05, 3.63) is 105 Å². The van der Waals surface area contributed by atoms with Crippen molar-refractivity contribution in [1.82, 2.24) is 35.6 Å². The number of carbonyl (C=O) groups is 2. The molecule has 7 rings (SSSR count). The highest BCUT2D eigenvalue weighted by Gasteiger charge is 2.22. The average molecular weight is 706 g/mol. The molecular formula is C39H40ClN7O4. The zero-order valence-corrected chi connectivity index (χ0v) is 29.3. The third-order valence-corrected chi connectivity index (χ3v) is 10.1. The van der Waals surface area contributed by atoms with Crippen LogP contribution in [-0.2, 0) is 22.7 Å².